The average Bonchev–Trinajstić information content (AvgIpc) is 3.69. The van der Waals surface area contributed by atoms with Crippen molar-refractivity contribution in [2.75, 3.05) is 0 Å². The molecule has 0 unspecified atom stereocenters. The first kappa shape index (κ1) is 30.2. The SMILES string of the molecule is Cc1cccc2c1cc(C(=O)c1cc3cc(OCc4ccccc4)ccc3n1S(=O)(=O)c1ccccc1)n2S(=O)(=O)c1ccccc1. The quantitative estimate of drug-likeness (QED) is 0.152. The number of ketones is 1. The van der Waals surface area contributed by atoms with Gasteiger partial charge in [-0.25, -0.2) is 24.8 Å². The molecule has 0 amide bonds. The lowest BCUT2D eigenvalue weighted by atomic mass is 10.1. The van der Waals surface area contributed by atoms with Crippen molar-refractivity contribution in [1.29, 1.82) is 0 Å². The second kappa shape index (κ2) is 11.7. The fourth-order valence-electron chi connectivity index (χ4n) is 5.72. The van der Waals surface area contributed by atoms with E-state index < -0.39 is 25.8 Å². The zero-order chi connectivity index (χ0) is 32.8. The van der Waals surface area contributed by atoms with E-state index in [-0.39, 0.29) is 33.3 Å². The van der Waals surface area contributed by atoms with Crippen LogP contribution in [0.4, 0.5) is 0 Å². The number of nitrogens with zero attached hydrogens (tertiary/aromatic N) is 2. The molecule has 2 heterocycles. The van der Waals surface area contributed by atoms with Crippen molar-refractivity contribution in [1.82, 2.24) is 7.94 Å². The Morgan fingerprint density at radius 3 is 1.77 bits per heavy atom. The van der Waals surface area contributed by atoms with Gasteiger partial charge in [0, 0.05) is 10.8 Å². The summed E-state index contributed by atoms with van der Waals surface area (Å²) < 4.78 is 64.8. The summed E-state index contributed by atoms with van der Waals surface area (Å²) in [5, 5.41) is 0.990. The molecular formula is C37H28N2O6S2. The number of benzene rings is 5. The van der Waals surface area contributed by atoms with Gasteiger partial charge in [0.25, 0.3) is 20.0 Å². The molecule has 2 aromatic heterocycles. The zero-order valence-corrected chi connectivity index (χ0v) is 26.8. The molecule has 7 rings (SSSR count). The highest BCUT2D eigenvalue weighted by atomic mass is 32.2. The molecule has 0 saturated carbocycles. The Bertz CT molecular complexity index is 2500. The third-order valence-electron chi connectivity index (χ3n) is 8.03. The fourth-order valence-corrected chi connectivity index (χ4v) is 8.77. The Kier molecular flexibility index (Phi) is 7.54. The van der Waals surface area contributed by atoms with Gasteiger partial charge in [0.15, 0.2) is 0 Å². The Balaban J connectivity index is 1.44. The maximum absolute atomic E-state index is 14.7. The predicted molar refractivity (Wildman–Crippen MR) is 181 cm³/mol. The number of rotatable bonds is 9. The van der Waals surface area contributed by atoms with Gasteiger partial charge in [-0.15, -0.1) is 0 Å². The molecule has 0 atom stereocenters. The minimum atomic E-state index is -4.32. The van der Waals surface area contributed by atoms with Crippen LogP contribution in [0.25, 0.3) is 21.8 Å². The van der Waals surface area contributed by atoms with Crippen molar-refractivity contribution in [3.8, 4) is 5.75 Å². The fraction of sp³-hybridized carbons (Fsp3) is 0.0541. The highest BCUT2D eigenvalue weighted by Gasteiger charge is 2.32. The molecule has 47 heavy (non-hydrogen) atoms. The van der Waals surface area contributed by atoms with Crippen LogP contribution < -0.4 is 4.74 Å². The average molecular weight is 661 g/mol. The number of aryl methyl sites for hydroxylation is 1. The van der Waals surface area contributed by atoms with Crippen LogP contribution in [0, 0.1) is 6.92 Å². The van der Waals surface area contributed by atoms with Crippen LogP contribution in [0.3, 0.4) is 0 Å². The summed E-state index contributed by atoms with van der Waals surface area (Å²) in [6.45, 7) is 2.11. The van der Waals surface area contributed by atoms with Gasteiger partial charge in [-0.3, -0.25) is 4.79 Å². The predicted octanol–water partition coefficient (Wildman–Crippen LogP) is 7.19. The molecule has 0 fully saturated rings. The van der Waals surface area contributed by atoms with Crippen LogP contribution in [-0.2, 0) is 26.7 Å². The van der Waals surface area contributed by atoms with E-state index >= 15 is 0 Å². The molecule has 5 aromatic carbocycles. The van der Waals surface area contributed by atoms with Crippen LogP contribution in [0.1, 0.15) is 27.3 Å². The van der Waals surface area contributed by atoms with Crippen LogP contribution in [-0.4, -0.2) is 30.6 Å². The Morgan fingerprint density at radius 2 is 1.15 bits per heavy atom. The first-order chi connectivity index (χ1) is 22.7. The van der Waals surface area contributed by atoms with Crippen molar-refractivity contribution in [3.63, 3.8) is 0 Å². The Morgan fingerprint density at radius 1 is 0.596 bits per heavy atom. The van der Waals surface area contributed by atoms with Gasteiger partial charge in [-0.2, -0.15) is 0 Å². The summed E-state index contributed by atoms with van der Waals surface area (Å²) in [7, 11) is -8.59. The number of ether oxygens (including phenoxy) is 1. The number of hydrogen-bond donors (Lipinski definition) is 0. The molecule has 0 bridgehead atoms. The maximum Gasteiger partial charge on any atom is 0.268 e. The molecule has 0 spiro atoms. The minimum Gasteiger partial charge on any atom is -0.489 e. The standard InChI is InChI=1S/C37H28N2O6S2/c1-26-12-11-19-34-32(26)24-36(39(34)47(43,44)31-17-9-4-10-18-31)37(40)35-23-28-22-29(45-25-27-13-5-2-6-14-27)20-21-33(28)38(35)46(41,42)30-15-7-3-8-16-30/h2-24H,25H2,1H3. The van der Waals surface area contributed by atoms with Gasteiger partial charge in [-0.05, 0) is 78.7 Å². The van der Waals surface area contributed by atoms with Gasteiger partial charge in [0.1, 0.15) is 23.7 Å². The highest BCUT2D eigenvalue weighted by Crippen LogP contribution is 2.34. The molecule has 0 aliphatic carbocycles. The van der Waals surface area contributed by atoms with Crippen LogP contribution in [0.2, 0.25) is 0 Å². The largest absolute Gasteiger partial charge is 0.489 e. The van der Waals surface area contributed by atoms with Crippen molar-refractivity contribution in [2.24, 2.45) is 0 Å². The molecule has 0 aliphatic heterocycles. The van der Waals surface area contributed by atoms with Crippen molar-refractivity contribution in [3.05, 3.63) is 162 Å². The monoisotopic (exact) mass is 660 g/mol. The number of fused-ring (bicyclic) bond motifs is 2. The van der Waals surface area contributed by atoms with E-state index in [4.69, 9.17) is 4.74 Å². The van der Waals surface area contributed by atoms with Gasteiger partial charge in [-0.1, -0.05) is 78.9 Å². The summed E-state index contributed by atoms with van der Waals surface area (Å²) in [4.78, 5) is 14.7. The number of aromatic nitrogens is 2. The molecular weight excluding hydrogens is 633 g/mol. The smallest absolute Gasteiger partial charge is 0.268 e. The number of carbonyl (C=O) groups is 1. The summed E-state index contributed by atoms with van der Waals surface area (Å²) in [5.41, 5.74) is 1.86. The molecule has 10 heteroatoms. The summed E-state index contributed by atoms with van der Waals surface area (Å²) in [6.07, 6.45) is 0. The second-order valence-corrected chi connectivity index (χ2v) is 14.6. The lowest BCUT2D eigenvalue weighted by molar-refractivity contribution is 0.102. The molecule has 7 aromatic rings. The highest BCUT2D eigenvalue weighted by molar-refractivity contribution is 7.90. The minimum absolute atomic E-state index is 0.00860. The van der Waals surface area contributed by atoms with E-state index in [1.165, 1.54) is 36.4 Å². The van der Waals surface area contributed by atoms with Crippen LogP contribution in [0.15, 0.2) is 149 Å². The lowest BCUT2D eigenvalue weighted by Crippen LogP contribution is -2.23. The topological polar surface area (TPSA) is 104 Å². The number of hydrogen-bond acceptors (Lipinski definition) is 6. The molecule has 0 N–H and O–H groups in total. The zero-order valence-electron chi connectivity index (χ0n) is 25.1. The molecule has 0 aliphatic rings. The third kappa shape index (κ3) is 5.31. The van der Waals surface area contributed by atoms with Gasteiger partial charge >= 0.3 is 0 Å². The van der Waals surface area contributed by atoms with E-state index in [0.29, 0.717) is 22.0 Å². The maximum atomic E-state index is 14.7. The van der Waals surface area contributed by atoms with E-state index in [1.54, 1.807) is 66.7 Å². The number of carbonyl (C=O) groups excluding carboxylic acids is 1. The molecule has 234 valence electrons. The van der Waals surface area contributed by atoms with Crippen LogP contribution in [0.5, 0.6) is 5.75 Å². The molecule has 0 saturated heterocycles. The first-order valence-electron chi connectivity index (χ1n) is 14.8. The Labute approximate surface area is 272 Å². The van der Waals surface area contributed by atoms with Crippen molar-refractivity contribution in [2.45, 2.75) is 23.3 Å². The summed E-state index contributed by atoms with van der Waals surface area (Å²) in [6, 6.07) is 38.3. The van der Waals surface area contributed by atoms with E-state index in [0.717, 1.165) is 19.1 Å². The van der Waals surface area contributed by atoms with Gasteiger partial charge < -0.3 is 4.74 Å². The van der Waals surface area contributed by atoms with Crippen LogP contribution >= 0.6 is 0 Å². The van der Waals surface area contributed by atoms with Crippen molar-refractivity contribution >= 4 is 47.6 Å². The Hall–Kier alpha value is -5.45. The molecule has 0 radical (unpaired) electrons. The first-order valence-corrected chi connectivity index (χ1v) is 17.6. The normalized spacial score (nSPS) is 12.0. The van der Waals surface area contributed by atoms with E-state index in [9.17, 15) is 21.6 Å². The van der Waals surface area contributed by atoms with Crippen molar-refractivity contribution < 1.29 is 26.4 Å². The third-order valence-corrected chi connectivity index (χ3v) is 11.5. The van der Waals surface area contributed by atoms with E-state index in [2.05, 4.69) is 0 Å². The lowest BCUT2D eigenvalue weighted by Gasteiger charge is -2.14. The van der Waals surface area contributed by atoms with Gasteiger partial charge in [0.05, 0.1) is 20.8 Å². The summed E-state index contributed by atoms with van der Waals surface area (Å²) >= 11 is 0. The van der Waals surface area contributed by atoms with E-state index in [1.807, 2.05) is 43.3 Å². The molecule has 8 nitrogen and oxygen atoms in total. The summed E-state index contributed by atoms with van der Waals surface area (Å²) in [5.74, 6) is -0.298. The second-order valence-electron chi connectivity index (χ2n) is 11.1. The van der Waals surface area contributed by atoms with Gasteiger partial charge in [0.2, 0.25) is 5.78 Å².